The summed E-state index contributed by atoms with van der Waals surface area (Å²) in [5, 5.41) is 19.5. The van der Waals surface area contributed by atoms with Crippen LogP contribution in [0.3, 0.4) is 0 Å². The molecule has 116 valence electrons. The maximum atomic E-state index is 12.5. The second-order valence-corrected chi connectivity index (χ2v) is 6.56. The molecule has 1 atom stereocenters. The number of hydrogen-bond donors (Lipinski definition) is 2. The number of carbonyl (C=O) groups excluding carboxylic acids is 1. The van der Waals surface area contributed by atoms with E-state index in [1.807, 2.05) is 24.3 Å². The van der Waals surface area contributed by atoms with Crippen LogP contribution in [0.4, 0.5) is 0 Å². The highest BCUT2D eigenvalue weighted by Crippen LogP contribution is 2.17. The van der Waals surface area contributed by atoms with Crippen molar-refractivity contribution in [2.75, 3.05) is 13.1 Å². The number of benzene rings is 1. The molecule has 2 rings (SSSR count). The minimum Gasteiger partial charge on any atom is -0.391 e. The first-order valence-electron chi connectivity index (χ1n) is 7.64. The highest BCUT2D eigenvalue weighted by molar-refractivity contribution is 5.94. The second-order valence-electron chi connectivity index (χ2n) is 6.56. The highest BCUT2D eigenvalue weighted by Gasteiger charge is 2.23. The summed E-state index contributed by atoms with van der Waals surface area (Å²) in [6, 6.07) is 7.58. The molecule has 0 unspecified atom stereocenters. The largest absolute Gasteiger partial charge is 0.391 e. The molecule has 21 heavy (non-hydrogen) atoms. The van der Waals surface area contributed by atoms with Crippen LogP contribution >= 0.6 is 0 Å². The van der Waals surface area contributed by atoms with Crippen LogP contribution in [0.25, 0.3) is 0 Å². The Morgan fingerprint density at radius 3 is 2.86 bits per heavy atom. The van der Waals surface area contributed by atoms with Gasteiger partial charge in [0.05, 0.1) is 11.7 Å². The number of hydrogen-bond acceptors (Lipinski definition) is 3. The molecular weight excluding hydrogens is 266 g/mol. The molecular formula is C17H25NO3. The Kier molecular flexibility index (Phi) is 5.01. The fourth-order valence-electron chi connectivity index (χ4n) is 2.63. The molecule has 0 saturated carbocycles. The molecule has 1 aromatic carbocycles. The zero-order valence-electron chi connectivity index (χ0n) is 12.9. The summed E-state index contributed by atoms with van der Waals surface area (Å²) < 4.78 is 0. The number of piperidine rings is 1. The summed E-state index contributed by atoms with van der Waals surface area (Å²) in [6.45, 7) is 4.71. The summed E-state index contributed by atoms with van der Waals surface area (Å²) in [6.07, 6.45) is 2.63. The van der Waals surface area contributed by atoms with Gasteiger partial charge in [-0.3, -0.25) is 4.79 Å². The number of aryl methyl sites for hydroxylation is 1. The van der Waals surface area contributed by atoms with Crippen LogP contribution in [0, 0.1) is 0 Å². The number of β-amino-alcohol motifs (C(OH)–C–C–N with tert-alkyl or cyclic N) is 1. The van der Waals surface area contributed by atoms with Crippen molar-refractivity contribution in [2.45, 2.75) is 51.2 Å². The monoisotopic (exact) mass is 291 g/mol. The van der Waals surface area contributed by atoms with E-state index in [-0.39, 0.29) is 5.91 Å². The summed E-state index contributed by atoms with van der Waals surface area (Å²) in [5.74, 6) is -0.0149. The summed E-state index contributed by atoms with van der Waals surface area (Å²) in [7, 11) is 0. The Morgan fingerprint density at radius 2 is 2.19 bits per heavy atom. The van der Waals surface area contributed by atoms with E-state index in [1.165, 1.54) is 0 Å². The molecule has 1 saturated heterocycles. The van der Waals surface area contributed by atoms with E-state index in [1.54, 1.807) is 18.7 Å². The number of carbonyl (C=O) groups is 1. The molecule has 0 bridgehead atoms. The van der Waals surface area contributed by atoms with E-state index >= 15 is 0 Å². The number of aliphatic hydroxyl groups excluding tert-OH is 1. The van der Waals surface area contributed by atoms with Gasteiger partial charge in [-0.15, -0.1) is 0 Å². The van der Waals surface area contributed by atoms with Crippen LogP contribution in [0.1, 0.15) is 49.0 Å². The van der Waals surface area contributed by atoms with E-state index in [2.05, 4.69) is 0 Å². The van der Waals surface area contributed by atoms with Gasteiger partial charge in [0.15, 0.2) is 0 Å². The van der Waals surface area contributed by atoms with Crippen LogP contribution < -0.4 is 0 Å². The smallest absolute Gasteiger partial charge is 0.253 e. The van der Waals surface area contributed by atoms with Gasteiger partial charge in [0, 0.05) is 18.7 Å². The van der Waals surface area contributed by atoms with Gasteiger partial charge in [-0.1, -0.05) is 12.1 Å². The van der Waals surface area contributed by atoms with Gasteiger partial charge in [-0.2, -0.15) is 0 Å². The number of rotatable bonds is 4. The highest BCUT2D eigenvalue weighted by atomic mass is 16.3. The number of nitrogens with zero attached hydrogens (tertiary/aromatic N) is 1. The molecule has 4 heteroatoms. The third-order valence-corrected chi connectivity index (χ3v) is 3.88. The predicted molar refractivity (Wildman–Crippen MR) is 82.2 cm³/mol. The average molecular weight is 291 g/mol. The van der Waals surface area contributed by atoms with Crippen molar-refractivity contribution in [1.29, 1.82) is 0 Å². The van der Waals surface area contributed by atoms with Crippen LogP contribution in [0.5, 0.6) is 0 Å². The Morgan fingerprint density at radius 1 is 1.43 bits per heavy atom. The van der Waals surface area contributed by atoms with E-state index in [9.17, 15) is 15.0 Å². The fourth-order valence-corrected chi connectivity index (χ4v) is 2.63. The topological polar surface area (TPSA) is 60.8 Å². The third-order valence-electron chi connectivity index (χ3n) is 3.88. The maximum Gasteiger partial charge on any atom is 0.253 e. The van der Waals surface area contributed by atoms with Gasteiger partial charge in [0.1, 0.15) is 0 Å². The average Bonchev–Trinajstić information content (AvgIpc) is 2.44. The third kappa shape index (κ3) is 4.83. The Bertz CT molecular complexity index is 493. The molecule has 1 fully saturated rings. The zero-order chi connectivity index (χ0) is 15.5. The molecule has 1 aliphatic rings. The SMILES string of the molecule is CC(C)(O)CCc1cccc(C(=O)N2CCC[C@H](O)C2)c1. The first-order chi connectivity index (χ1) is 9.85. The molecule has 1 heterocycles. The van der Waals surface area contributed by atoms with Crippen LogP contribution in [0.15, 0.2) is 24.3 Å². The van der Waals surface area contributed by atoms with Gasteiger partial charge in [-0.05, 0) is 57.2 Å². The predicted octanol–water partition coefficient (Wildman–Crippen LogP) is 1.99. The van der Waals surface area contributed by atoms with Gasteiger partial charge >= 0.3 is 0 Å². The van der Waals surface area contributed by atoms with E-state index in [4.69, 9.17) is 0 Å². The Balaban J connectivity index is 2.04. The lowest BCUT2D eigenvalue weighted by Crippen LogP contribution is -2.42. The van der Waals surface area contributed by atoms with Crippen molar-refractivity contribution in [3.05, 3.63) is 35.4 Å². The molecule has 1 aromatic rings. The number of amides is 1. The normalized spacial score (nSPS) is 19.6. The fraction of sp³-hybridized carbons (Fsp3) is 0.588. The van der Waals surface area contributed by atoms with Crippen molar-refractivity contribution in [3.8, 4) is 0 Å². The summed E-state index contributed by atoms with van der Waals surface area (Å²) >= 11 is 0. The van der Waals surface area contributed by atoms with Crippen molar-refractivity contribution in [2.24, 2.45) is 0 Å². The van der Waals surface area contributed by atoms with Gasteiger partial charge < -0.3 is 15.1 Å². The lowest BCUT2D eigenvalue weighted by molar-refractivity contribution is 0.0473. The number of aliphatic hydroxyl groups is 2. The molecule has 0 aromatic heterocycles. The first-order valence-corrected chi connectivity index (χ1v) is 7.64. The molecule has 2 N–H and O–H groups in total. The molecule has 0 radical (unpaired) electrons. The second kappa shape index (κ2) is 6.58. The number of likely N-dealkylation sites (tertiary alicyclic amines) is 1. The quantitative estimate of drug-likeness (QED) is 0.892. The Hall–Kier alpha value is -1.39. The van der Waals surface area contributed by atoms with Crippen LogP contribution in [-0.2, 0) is 6.42 Å². The van der Waals surface area contributed by atoms with Gasteiger partial charge in [0.2, 0.25) is 0 Å². The standard InChI is InChI=1S/C17H25NO3/c1-17(2,21)9-8-13-5-3-6-14(11-13)16(20)18-10-4-7-15(19)12-18/h3,5-6,11,15,19,21H,4,7-10,12H2,1-2H3/t15-/m0/s1. The van der Waals surface area contributed by atoms with Crippen molar-refractivity contribution >= 4 is 5.91 Å². The Labute approximate surface area is 126 Å². The molecule has 4 nitrogen and oxygen atoms in total. The van der Waals surface area contributed by atoms with Crippen LogP contribution in [0.2, 0.25) is 0 Å². The van der Waals surface area contributed by atoms with Gasteiger partial charge in [0.25, 0.3) is 5.91 Å². The lowest BCUT2D eigenvalue weighted by Gasteiger charge is -2.30. The molecule has 1 amide bonds. The lowest BCUT2D eigenvalue weighted by atomic mass is 9.97. The molecule has 0 aliphatic carbocycles. The summed E-state index contributed by atoms with van der Waals surface area (Å²) in [4.78, 5) is 14.2. The van der Waals surface area contributed by atoms with Crippen molar-refractivity contribution < 1.29 is 15.0 Å². The summed E-state index contributed by atoms with van der Waals surface area (Å²) in [5.41, 5.74) is 1.02. The van der Waals surface area contributed by atoms with E-state index in [0.29, 0.717) is 25.1 Å². The molecule has 1 aliphatic heterocycles. The zero-order valence-corrected chi connectivity index (χ0v) is 12.9. The van der Waals surface area contributed by atoms with E-state index in [0.717, 1.165) is 24.8 Å². The van der Waals surface area contributed by atoms with Crippen LogP contribution in [-0.4, -0.2) is 45.8 Å². The minimum absolute atomic E-state index is 0.0149. The minimum atomic E-state index is -0.697. The van der Waals surface area contributed by atoms with Gasteiger partial charge in [-0.25, -0.2) is 0 Å². The van der Waals surface area contributed by atoms with Crippen molar-refractivity contribution in [1.82, 2.24) is 4.90 Å². The van der Waals surface area contributed by atoms with E-state index < -0.39 is 11.7 Å². The maximum absolute atomic E-state index is 12.5. The van der Waals surface area contributed by atoms with Crippen molar-refractivity contribution in [3.63, 3.8) is 0 Å². The molecule has 0 spiro atoms. The first kappa shape index (κ1) is 16.0.